The van der Waals surface area contributed by atoms with Gasteiger partial charge in [-0.05, 0) is 63.5 Å². The highest BCUT2D eigenvalue weighted by Crippen LogP contribution is 2.31. The minimum atomic E-state index is 0.509. The Morgan fingerprint density at radius 1 is 1.11 bits per heavy atom. The Morgan fingerprint density at radius 3 is 2.50 bits per heavy atom. The van der Waals surface area contributed by atoms with E-state index in [4.69, 9.17) is 5.73 Å². The van der Waals surface area contributed by atoms with E-state index in [1.54, 1.807) is 0 Å². The Balaban J connectivity index is 1.75. The zero-order valence-corrected chi connectivity index (χ0v) is 17.4. The highest BCUT2D eigenvalue weighted by Gasteiger charge is 2.23. The van der Waals surface area contributed by atoms with Crippen LogP contribution in [-0.4, -0.2) is 47.5 Å². The van der Waals surface area contributed by atoms with Crippen LogP contribution in [0.1, 0.15) is 29.5 Å². The highest BCUT2D eigenvalue weighted by molar-refractivity contribution is 5.73. The molecule has 4 rings (SSSR count). The van der Waals surface area contributed by atoms with Crippen LogP contribution in [0.25, 0.3) is 16.8 Å². The predicted octanol–water partition coefficient (Wildman–Crippen LogP) is 3.61. The molecule has 0 spiro atoms. The topological polar surface area (TPSA) is 49.8 Å². The molecule has 1 aromatic carbocycles. The second-order valence-corrected chi connectivity index (χ2v) is 8.26. The maximum absolute atomic E-state index is 6.10. The van der Waals surface area contributed by atoms with Crippen LogP contribution in [0.3, 0.4) is 0 Å². The molecule has 0 aliphatic carbocycles. The number of nitrogens with zero attached hydrogens (tertiary/aromatic N) is 4. The third-order valence-electron chi connectivity index (χ3n) is 6.12. The van der Waals surface area contributed by atoms with Crippen molar-refractivity contribution in [1.29, 1.82) is 0 Å². The first-order valence-electron chi connectivity index (χ1n) is 10.2. The second kappa shape index (κ2) is 7.57. The van der Waals surface area contributed by atoms with Gasteiger partial charge < -0.3 is 15.5 Å². The number of anilines is 1. The number of nitrogens with two attached hydrogens (primary N) is 1. The molecule has 1 aliphatic rings. The van der Waals surface area contributed by atoms with Crippen molar-refractivity contribution in [2.75, 3.05) is 32.1 Å². The van der Waals surface area contributed by atoms with E-state index in [0.29, 0.717) is 12.6 Å². The molecule has 1 fully saturated rings. The van der Waals surface area contributed by atoms with Crippen LogP contribution < -0.4 is 10.6 Å². The summed E-state index contributed by atoms with van der Waals surface area (Å²) in [6, 6.07) is 9.44. The van der Waals surface area contributed by atoms with Gasteiger partial charge in [-0.15, -0.1) is 0 Å². The SMILES string of the molecule is Cc1ccc(-c2cn3c(N4CCC(N(C)C)CC4)cnc3cc2CN)c(C)c1. The van der Waals surface area contributed by atoms with Gasteiger partial charge in [0.15, 0.2) is 0 Å². The first kappa shape index (κ1) is 19.0. The lowest BCUT2D eigenvalue weighted by Crippen LogP contribution is -2.42. The minimum absolute atomic E-state index is 0.509. The molecule has 28 heavy (non-hydrogen) atoms. The van der Waals surface area contributed by atoms with E-state index >= 15 is 0 Å². The fourth-order valence-electron chi connectivity index (χ4n) is 4.42. The molecule has 0 atom stereocenters. The van der Waals surface area contributed by atoms with Gasteiger partial charge in [0, 0.05) is 37.4 Å². The van der Waals surface area contributed by atoms with Gasteiger partial charge in [-0.3, -0.25) is 4.40 Å². The van der Waals surface area contributed by atoms with E-state index in [-0.39, 0.29) is 0 Å². The van der Waals surface area contributed by atoms with Crippen LogP contribution in [0.5, 0.6) is 0 Å². The van der Waals surface area contributed by atoms with Gasteiger partial charge in [0.1, 0.15) is 11.5 Å². The van der Waals surface area contributed by atoms with Crippen molar-refractivity contribution < 1.29 is 0 Å². The third-order valence-corrected chi connectivity index (χ3v) is 6.12. The lowest BCUT2D eigenvalue weighted by Gasteiger charge is -2.36. The molecule has 3 heterocycles. The quantitative estimate of drug-likeness (QED) is 0.755. The Kier molecular flexibility index (Phi) is 5.13. The standard InChI is InChI=1S/C23H31N5/c1-16-5-6-20(17(2)11-16)21-15-28-22(12-18(21)13-24)25-14-23(28)27-9-7-19(8-10-27)26(3)4/h5-6,11-12,14-15,19H,7-10,13,24H2,1-4H3. The molecule has 1 saturated heterocycles. The molecule has 0 bridgehead atoms. The molecule has 5 nitrogen and oxygen atoms in total. The summed E-state index contributed by atoms with van der Waals surface area (Å²) >= 11 is 0. The molecule has 3 aromatic rings. The summed E-state index contributed by atoms with van der Waals surface area (Å²) in [6.45, 7) is 6.95. The predicted molar refractivity (Wildman–Crippen MR) is 117 cm³/mol. The number of benzene rings is 1. The summed E-state index contributed by atoms with van der Waals surface area (Å²) in [4.78, 5) is 9.49. The van der Waals surface area contributed by atoms with Crippen LogP contribution >= 0.6 is 0 Å². The molecule has 148 valence electrons. The van der Waals surface area contributed by atoms with E-state index in [0.717, 1.165) is 24.3 Å². The normalized spacial score (nSPS) is 15.7. The van der Waals surface area contributed by atoms with Crippen LogP contribution in [0.15, 0.2) is 36.7 Å². The fourth-order valence-corrected chi connectivity index (χ4v) is 4.42. The minimum Gasteiger partial charge on any atom is -0.356 e. The first-order chi connectivity index (χ1) is 13.5. The Hall–Kier alpha value is -2.37. The first-order valence-corrected chi connectivity index (χ1v) is 10.2. The van der Waals surface area contributed by atoms with Crippen molar-refractivity contribution in [2.24, 2.45) is 5.73 Å². The molecular formula is C23H31N5. The number of pyridine rings is 1. The van der Waals surface area contributed by atoms with E-state index in [2.05, 4.69) is 77.6 Å². The summed E-state index contributed by atoms with van der Waals surface area (Å²) < 4.78 is 2.24. The van der Waals surface area contributed by atoms with Crippen molar-refractivity contribution in [3.05, 3.63) is 53.3 Å². The number of rotatable bonds is 4. The summed E-state index contributed by atoms with van der Waals surface area (Å²) in [6.07, 6.45) is 6.61. The summed E-state index contributed by atoms with van der Waals surface area (Å²) in [5.74, 6) is 1.18. The maximum Gasteiger partial charge on any atom is 0.138 e. The van der Waals surface area contributed by atoms with Crippen molar-refractivity contribution in [3.8, 4) is 11.1 Å². The van der Waals surface area contributed by atoms with Crippen molar-refractivity contribution in [3.63, 3.8) is 0 Å². The third kappa shape index (κ3) is 3.40. The summed E-state index contributed by atoms with van der Waals surface area (Å²) in [7, 11) is 4.36. The Morgan fingerprint density at radius 2 is 1.86 bits per heavy atom. The average molecular weight is 378 g/mol. The van der Waals surface area contributed by atoms with Crippen LogP contribution in [0, 0.1) is 13.8 Å². The lowest BCUT2D eigenvalue weighted by molar-refractivity contribution is 0.249. The Bertz CT molecular complexity index is 980. The van der Waals surface area contributed by atoms with Crippen molar-refractivity contribution in [1.82, 2.24) is 14.3 Å². The maximum atomic E-state index is 6.10. The molecule has 2 N–H and O–H groups in total. The van der Waals surface area contributed by atoms with Gasteiger partial charge >= 0.3 is 0 Å². The molecule has 0 amide bonds. The average Bonchev–Trinajstić information content (AvgIpc) is 3.10. The largest absolute Gasteiger partial charge is 0.356 e. The van der Waals surface area contributed by atoms with Gasteiger partial charge in [0.25, 0.3) is 0 Å². The van der Waals surface area contributed by atoms with Gasteiger partial charge in [-0.1, -0.05) is 23.8 Å². The number of hydrogen-bond acceptors (Lipinski definition) is 4. The van der Waals surface area contributed by atoms with Gasteiger partial charge in [-0.25, -0.2) is 4.98 Å². The summed E-state index contributed by atoms with van der Waals surface area (Å²) in [5, 5.41) is 0. The van der Waals surface area contributed by atoms with E-state index in [1.807, 2.05) is 6.20 Å². The molecule has 5 heteroatoms. The van der Waals surface area contributed by atoms with Gasteiger partial charge in [-0.2, -0.15) is 0 Å². The van der Waals surface area contributed by atoms with E-state index in [9.17, 15) is 0 Å². The van der Waals surface area contributed by atoms with Crippen LogP contribution in [0.2, 0.25) is 0 Å². The van der Waals surface area contributed by atoms with E-state index < -0.39 is 0 Å². The second-order valence-electron chi connectivity index (χ2n) is 8.26. The number of piperidine rings is 1. The number of imidazole rings is 1. The number of fused-ring (bicyclic) bond motifs is 1. The number of aryl methyl sites for hydroxylation is 2. The molecule has 0 saturated carbocycles. The number of aromatic nitrogens is 2. The smallest absolute Gasteiger partial charge is 0.138 e. The zero-order chi connectivity index (χ0) is 19.8. The molecule has 1 aliphatic heterocycles. The van der Waals surface area contributed by atoms with Crippen molar-refractivity contribution in [2.45, 2.75) is 39.3 Å². The molecule has 0 unspecified atom stereocenters. The van der Waals surface area contributed by atoms with Gasteiger partial charge in [0.2, 0.25) is 0 Å². The van der Waals surface area contributed by atoms with Crippen molar-refractivity contribution >= 4 is 11.5 Å². The van der Waals surface area contributed by atoms with Crippen LogP contribution in [0.4, 0.5) is 5.82 Å². The molecular weight excluding hydrogens is 346 g/mol. The lowest BCUT2D eigenvalue weighted by atomic mass is 9.96. The fraction of sp³-hybridized carbons (Fsp3) is 0.435. The number of hydrogen-bond donors (Lipinski definition) is 1. The highest BCUT2D eigenvalue weighted by atomic mass is 15.3. The molecule has 2 aromatic heterocycles. The van der Waals surface area contributed by atoms with E-state index in [1.165, 1.54) is 40.9 Å². The molecule has 0 radical (unpaired) electrons. The Labute approximate surface area is 167 Å². The van der Waals surface area contributed by atoms with Gasteiger partial charge in [0.05, 0.1) is 6.20 Å². The zero-order valence-electron chi connectivity index (χ0n) is 17.4. The van der Waals surface area contributed by atoms with Crippen LogP contribution in [-0.2, 0) is 6.54 Å². The summed E-state index contributed by atoms with van der Waals surface area (Å²) in [5.41, 5.74) is 13.2. The monoisotopic (exact) mass is 377 g/mol.